The highest BCUT2D eigenvalue weighted by Crippen LogP contribution is 2.11. The molecule has 5 heteroatoms. The number of nitrogens with zero attached hydrogens (tertiary/aromatic N) is 3. The van der Waals surface area contributed by atoms with Gasteiger partial charge in [-0.1, -0.05) is 0 Å². The molecule has 0 spiro atoms. The van der Waals surface area contributed by atoms with Crippen molar-refractivity contribution in [3.05, 3.63) is 34.3 Å². The van der Waals surface area contributed by atoms with Gasteiger partial charge in [0.15, 0.2) is 0 Å². The largest absolute Gasteiger partial charge is 0.330 e. The Morgan fingerprint density at radius 2 is 2.40 bits per heavy atom. The second-order valence-corrected chi connectivity index (χ2v) is 4.38. The third kappa shape index (κ3) is 2.43. The minimum atomic E-state index is 0.655. The number of rotatable bonds is 4. The molecule has 0 aliphatic rings. The van der Waals surface area contributed by atoms with Gasteiger partial charge in [0.1, 0.15) is 5.01 Å². The molecule has 2 N–H and O–H groups in total. The molecule has 0 aromatic carbocycles. The maximum absolute atomic E-state index is 5.53. The van der Waals surface area contributed by atoms with Gasteiger partial charge in [0.25, 0.3) is 0 Å². The number of thiazole rings is 1. The van der Waals surface area contributed by atoms with Crippen molar-refractivity contribution in [2.24, 2.45) is 5.73 Å². The fourth-order valence-corrected chi connectivity index (χ4v) is 2.24. The molecule has 0 fully saturated rings. The van der Waals surface area contributed by atoms with Crippen LogP contribution in [0.5, 0.6) is 0 Å². The lowest BCUT2D eigenvalue weighted by molar-refractivity contribution is 0.728. The molecule has 0 radical (unpaired) electrons. The van der Waals surface area contributed by atoms with E-state index in [9.17, 15) is 0 Å². The summed E-state index contributed by atoms with van der Waals surface area (Å²) >= 11 is 1.68. The van der Waals surface area contributed by atoms with Gasteiger partial charge in [-0.3, -0.25) is 0 Å². The van der Waals surface area contributed by atoms with Gasteiger partial charge in [-0.15, -0.1) is 11.3 Å². The monoisotopic (exact) mass is 222 g/mol. The van der Waals surface area contributed by atoms with Gasteiger partial charge < -0.3 is 10.3 Å². The van der Waals surface area contributed by atoms with Crippen molar-refractivity contribution in [2.75, 3.05) is 6.54 Å². The summed E-state index contributed by atoms with van der Waals surface area (Å²) in [5.74, 6) is 0. The predicted molar refractivity (Wildman–Crippen MR) is 60.9 cm³/mol. The van der Waals surface area contributed by atoms with Crippen LogP contribution in [-0.4, -0.2) is 21.1 Å². The van der Waals surface area contributed by atoms with Crippen molar-refractivity contribution in [3.8, 4) is 0 Å². The van der Waals surface area contributed by atoms with Crippen molar-refractivity contribution in [1.29, 1.82) is 0 Å². The van der Waals surface area contributed by atoms with Crippen molar-refractivity contribution < 1.29 is 0 Å². The molecule has 2 aromatic heterocycles. The first-order valence-corrected chi connectivity index (χ1v) is 5.77. The molecule has 0 bridgehead atoms. The highest BCUT2D eigenvalue weighted by Gasteiger charge is 2.04. The molecule has 0 atom stereocenters. The summed E-state index contributed by atoms with van der Waals surface area (Å²) in [6.07, 6.45) is 4.57. The van der Waals surface area contributed by atoms with Crippen molar-refractivity contribution in [1.82, 2.24) is 14.5 Å². The van der Waals surface area contributed by atoms with Gasteiger partial charge >= 0.3 is 0 Å². The molecule has 2 heterocycles. The van der Waals surface area contributed by atoms with Crippen molar-refractivity contribution in [3.63, 3.8) is 0 Å². The molecule has 15 heavy (non-hydrogen) atoms. The van der Waals surface area contributed by atoms with Crippen LogP contribution in [0.25, 0.3) is 0 Å². The lowest BCUT2D eigenvalue weighted by atomic mass is 10.3. The Bertz CT molecular complexity index is 432. The average molecular weight is 222 g/mol. The molecule has 0 aliphatic heterocycles. The number of hydrogen-bond donors (Lipinski definition) is 1. The van der Waals surface area contributed by atoms with Crippen LogP contribution in [0, 0.1) is 6.92 Å². The van der Waals surface area contributed by atoms with E-state index in [1.165, 1.54) is 5.69 Å². The maximum atomic E-state index is 5.53. The van der Waals surface area contributed by atoms with Gasteiger partial charge in [-0.05, 0) is 13.5 Å². The molecule has 0 amide bonds. The minimum absolute atomic E-state index is 0.655. The standard InChI is InChI=1S/C10H14N4S/c1-8-6-15-10(13-8)5-14-7-12-4-9(14)2-3-11/h4,6-7H,2-3,5,11H2,1H3. The van der Waals surface area contributed by atoms with Crippen LogP contribution in [0.2, 0.25) is 0 Å². The zero-order chi connectivity index (χ0) is 10.7. The van der Waals surface area contributed by atoms with E-state index in [-0.39, 0.29) is 0 Å². The first-order valence-electron chi connectivity index (χ1n) is 4.89. The van der Waals surface area contributed by atoms with E-state index in [4.69, 9.17) is 5.73 Å². The van der Waals surface area contributed by atoms with Crippen LogP contribution in [0.3, 0.4) is 0 Å². The van der Waals surface area contributed by atoms with Gasteiger partial charge in [0.2, 0.25) is 0 Å². The fraction of sp³-hybridized carbons (Fsp3) is 0.400. The van der Waals surface area contributed by atoms with E-state index >= 15 is 0 Å². The minimum Gasteiger partial charge on any atom is -0.330 e. The third-order valence-electron chi connectivity index (χ3n) is 2.17. The molecule has 2 aromatic rings. The number of imidazole rings is 1. The molecule has 0 aliphatic carbocycles. The average Bonchev–Trinajstić information content (AvgIpc) is 2.78. The topological polar surface area (TPSA) is 56.7 Å². The highest BCUT2D eigenvalue weighted by molar-refractivity contribution is 7.09. The lowest BCUT2D eigenvalue weighted by Gasteiger charge is -2.04. The Balaban J connectivity index is 2.13. The molecule has 80 valence electrons. The highest BCUT2D eigenvalue weighted by atomic mass is 32.1. The van der Waals surface area contributed by atoms with Gasteiger partial charge in [-0.25, -0.2) is 9.97 Å². The number of aromatic nitrogens is 3. The van der Waals surface area contributed by atoms with Crippen molar-refractivity contribution in [2.45, 2.75) is 19.9 Å². The number of aryl methyl sites for hydroxylation is 1. The van der Waals surface area contributed by atoms with E-state index in [0.717, 1.165) is 23.7 Å². The Hall–Kier alpha value is -1.20. The SMILES string of the molecule is Cc1csc(Cn2cncc2CCN)n1. The molecule has 0 unspecified atom stereocenters. The summed E-state index contributed by atoms with van der Waals surface area (Å²) < 4.78 is 2.10. The Morgan fingerprint density at radius 1 is 1.53 bits per heavy atom. The predicted octanol–water partition coefficient (Wildman–Crippen LogP) is 1.20. The molecule has 2 rings (SSSR count). The molecular formula is C10H14N4S. The van der Waals surface area contributed by atoms with Gasteiger partial charge in [0.05, 0.1) is 12.9 Å². The van der Waals surface area contributed by atoms with Crippen LogP contribution in [0.15, 0.2) is 17.9 Å². The second kappa shape index (κ2) is 4.55. The molecule has 0 saturated carbocycles. The second-order valence-electron chi connectivity index (χ2n) is 3.43. The fourth-order valence-electron chi connectivity index (χ4n) is 1.47. The quantitative estimate of drug-likeness (QED) is 0.845. The summed E-state index contributed by atoms with van der Waals surface area (Å²) in [5, 5.41) is 3.18. The first kappa shape index (κ1) is 10.3. The van der Waals surface area contributed by atoms with Gasteiger partial charge in [0, 0.05) is 29.4 Å². The summed E-state index contributed by atoms with van der Waals surface area (Å²) in [7, 11) is 0. The zero-order valence-corrected chi connectivity index (χ0v) is 9.50. The Kier molecular flexibility index (Phi) is 3.13. The first-order chi connectivity index (χ1) is 7.29. The number of hydrogen-bond acceptors (Lipinski definition) is 4. The Morgan fingerprint density at radius 3 is 3.07 bits per heavy atom. The van der Waals surface area contributed by atoms with Crippen LogP contribution < -0.4 is 5.73 Å². The van der Waals surface area contributed by atoms with E-state index < -0.39 is 0 Å². The summed E-state index contributed by atoms with van der Waals surface area (Å²) in [6, 6.07) is 0. The van der Waals surface area contributed by atoms with Crippen LogP contribution in [0.4, 0.5) is 0 Å². The van der Waals surface area contributed by atoms with Gasteiger partial charge in [-0.2, -0.15) is 0 Å². The van der Waals surface area contributed by atoms with Crippen molar-refractivity contribution >= 4 is 11.3 Å². The van der Waals surface area contributed by atoms with E-state index in [1.807, 2.05) is 19.4 Å². The number of nitrogens with two attached hydrogens (primary N) is 1. The zero-order valence-electron chi connectivity index (χ0n) is 8.68. The van der Waals surface area contributed by atoms with E-state index in [2.05, 4.69) is 19.9 Å². The van der Waals surface area contributed by atoms with Crippen LogP contribution >= 0.6 is 11.3 Å². The molecule has 4 nitrogen and oxygen atoms in total. The third-order valence-corrected chi connectivity index (χ3v) is 3.12. The van der Waals surface area contributed by atoms with Crippen LogP contribution in [-0.2, 0) is 13.0 Å². The normalized spacial score (nSPS) is 10.8. The Labute approximate surface area is 92.8 Å². The lowest BCUT2D eigenvalue weighted by Crippen LogP contribution is -2.09. The van der Waals surface area contributed by atoms with E-state index in [1.54, 1.807) is 11.3 Å². The summed E-state index contributed by atoms with van der Waals surface area (Å²) in [5.41, 5.74) is 7.78. The smallest absolute Gasteiger partial charge is 0.113 e. The van der Waals surface area contributed by atoms with E-state index in [0.29, 0.717) is 6.54 Å². The molecule has 0 saturated heterocycles. The summed E-state index contributed by atoms with van der Waals surface area (Å²) in [4.78, 5) is 8.55. The molecular weight excluding hydrogens is 208 g/mol. The summed E-state index contributed by atoms with van der Waals surface area (Å²) in [6.45, 7) is 3.46. The maximum Gasteiger partial charge on any atom is 0.113 e. The van der Waals surface area contributed by atoms with Crippen LogP contribution in [0.1, 0.15) is 16.4 Å².